The lowest BCUT2D eigenvalue weighted by Gasteiger charge is -2.35. The van der Waals surface area contributed by atoms with E-state index < -0.39 is 0 Å². The Morgan fingerprint density at radius 1 is 1.12 bits per heavy atom. The molecule has 94 valence electrons. The fraction of sp³-hybridized carbons (Fsp3) is 1.00. The van der Waals surface area contributed by atoms with E-state index in [1.165, 1.54) is 51.7 Å². The van der Waals surface area contributed by atoms with Crippen molar-refractivity contribution < 1.29 is 0 Å². The molecule has 0 amide bonds. The second kappa shape index (κ2) is 4.66. The fourth-order valence-corrected chi connectivity index (χ4v) is 3.21. The van der Waals surface area contributed by atoms with E-state index >= 15 is 0 Å². The summed E-state index contributed by atoms with van der Waals surface area (Å²) in [6.45, 7) is 10.9. The molecule has 1 aliphatic heterocycles. The van der Waals surface area contributed by atoms with Crippen molar-refractivity contribution in [2.75, 3.05) is 19.6 Å². The SMILES string of the molecule is CC1(C)CCC(NCC2(C)CCNCC2)C1. The smallest absolute Gasteiger partial charge is 0.00725 e. The highest BCUT2D eigenvalue weighted by Crippen LogP contribution is 2.37. The van der Waals surface area contributed by atoms with E-state index in [0.29, 0.717) is 10.8 Å². The largest absolute Gasteiger partial charge is 0.317 e. The highest BCUT2D eigenvalue weighted by molar-refractivity contribution is 4.89. The third-order valence-electron chi connectivity index (χ3n) is 4.60. The maximum Gasteiger partial charge on any atom is 0.00725 e. The fourth-order valence-electron chi connectivity index (χ4n) is 3.21. The van der Waals surface area contributed by atoms with Crippen molar-refractivity contribution in [3.63, 3.8) is 0 Å². The topological polar surface area (TPSA) is 24.1 Å². The van der Waals surface area contributed by atoms with Crippen molar-refractivity contribution in [2.45, 2.75) is 58.9 Å². The molecule has 1 aliphatic carbocycles. The molecule has 2 N–H and O–H groups in total. The summed E-state index contributed by atoms with van der Waals surface area (Å²) in [4.78, 5) is 0. The summed E-state index contributed by atoms with van der Waals surface area (Å²) in [7, 11) is 0. The van der Waals surface area contributed by atoms with Crippen LogP contribution >= 0.6 is 0 Å². The molecule has 0 radical (unpaired) electrons. The van der Waals surface area contributed by atoms with E-state index in [2.05, 4.69) is 31.4 Å². The quantitative estimate of drug-likeness (QED) is 0.770. The molecular weight excluding hydrogens is 196 g/mol. The summed E-state index contributed by atoms with van der Waals surface area (Å²) in [5.41, 5.74) is 1.12. The molecule has 1 atom stereocenters. The normalized spacial score (nSPS) is 32.8. The molecule has 2 rings (SSSR count). The lowest BCUT2D eigenvalue weighted by atomic mass is 9.81. The molecule has 2 nitrogen and oxygen atoms in total. The zero-order valence-corrected chi connectivity index (χ0v) is 11.2. The Labute approximate surface area is 101 Å². The Morgan fingerprint density at radius 3 is 2.38 bits per heavy atom. The van der Waals surface area contributed by atoms with Gasteiger partial charge in [0.25, 0.3) is 0 Å². The van der Waals surface area contributed by atoms with Crippen molar-refractivity contribution in [3.8, 4) is 0 Å². The number of hydrogen-bond acceptors (Lipinski definition) is 2. The average molecular weight is 224 g/mol. The maximum absolute atomic E-state index is 3.82. The van der Waals surface area contributed by atoms with Crippen LogP contribution < -0.4 is 10.6 Å². The van der Waals surface area contributed by atoms with Crippen LogP contribution in [0.2, 0.25) is 0 Å². The van der Waals surface area contributed by atoms with E-state index in [1.807, 2.05) is 0 Å². The molecular formula is C14H28N2. The van der Waals surface area contributed by atoms with Gasteiger partial charge in [-0.15, -0.1) is 0 Å². The molecule has 0 spiro atoms. The van der Waals surface area contributed by atoms with Crippen LogP contribution in [0.1, 0.15) is 52.9 Å². The zero-order chi connectivity index (χ0) is 11.6. The zero-order valence-electron chi connectivity index (χ0n) is 11.2. The van der Waals surface area contributed by atoms with E-state index in [4.69, 9.17) is 0 Å². The standard InChI is InChI=1S/C14H28N2/c1-13(2)5-4-12(10-13)16-11-14(3)6-8-15-9-7-14/h12,15-16H,4-11H2,1-3H3. The van der Waals surface area contributed by atoms with Crippen molar-refractivity contribution in [1.29, 1.82) is 0 Å². The highest BCUT2D eigenvalue weighted by atomic mass is 15.0. The van der Waals surface area contributed by atoms with Gasteiger partial charge in [-0.2, -0.15) is 0 Å². The highest BCUT2D eigenvalue weighted by Gasteiger charge is 2.33. The second-order valence-corrected chi connectivity index (χ2v) is 7.05. The van der Waals surface area contributed by atoms with Crippen LogP contribution in [0.3, 0.4) is 0 Å². The second-order valence-electron chi connectivity index (χ2n) is 7.05. The lowest BCUT2D eigenvalue weighted by Crippen LogP contribution is -2.43. The summed E-state index contributed by atoms with van der Waals surface area (Å²) in [6, 6.07) is 0.779. The minimum absolute atomic E-state index is 0.540. The predicted octanol–water partition coefficient (Wildman–Crippen LogP) is 2.54. The first-order valence-electron chi connectivity index (χ1n) is 6.93. The van der Waals surface area contributed by atoms with Crippen molar-refractivity contribution in [1.82, 2.24) is 10.6 Å². The van der Waals surface area contributed by atoms with Crippen LogP contribution in [-0.4, -0.2) is 25.7 Å². The summed E-state index contributed by atoms with van der Waals surface area (Å²) in [6.07, 6.45) is 6.79. The van der Waals surface area contributed by atoms with E-state index in [0.717, 1.165) is 6.04 Å². The first kappa shape index (κ1) is 12.4. The van der Waals surface area contributed by atoms with Crippen molar-refractivity contribution in [2.24, 2.45) is 10.8 Å². The minimum Gasteiger partial charge on any atom is -0.317 e. The molecule has 0 bridgehead atoms. The molecule has 0 aromatic rings. The van der Waals surface area contributed by atoms with Gasteiger partial charge in [0, 0.05) is 12.6 Å². The maximum atomic E-state index is 3.82. The van der Waals surface area contributed by atoms with E-state index in [-0.39, 0.29) is 0 Å². The Balaban J connectivity index is 1.75. The van der Waals surface area contributed by atoms with Crippen molar-refractivity contribution in [3.05, 3.63) is 0 Å². The molecule has 2 heteroatoms. The molecule has 0 aromatic heterocycles. The summed E-state index contributed by atoms with van der Waals surface area (Å²) in [5.74, 6) is 0. The molecule has 1 heterocycles. The number of hydrogen-bond donors (Lipinski definition) is 2. The number of rotatable bonds is 3. The molecule has 1 saturated carbocycles. The van der Waals surface area contributed by atoms with Gasteiger partial charge < -0.3 is 10.6 Å². The number of nitrogens with one attached hydrogen (secondary N) is 2. The molecule has 1 saturated heterocycles. The average Bonchev–Trinajstić information content (AvgIpc) is 2.57. The van der Waals surface area contributed by atoms with Gasteiger partial charge in [-0.05, 0) is 56.0 Å². The molecule has 2 fully saturated rings. The monoisotopic (exact) mass is 224 g/mol. The first-order chi connectivity index (χ1) is 7.49. The summed E-state index contributed by atoms with van der Waals surface area (Å²) in [5, 5.41) is 7.27. The first-order valence-corrected chi connectivity index (χ1v) is 6.93. The Hall–Kier alpha value is -0.0800. The van der Waals surface area contributed by atoms with Gasteiger partial charge in [0.1, 0.15) is 0 Å². The van der Waals surface area contributed by atoms with E-state index in [9.17, 15) is 0 Å². The van der Waals surface area contributed by atoms with Gasteiger partial charge in [0.2, 0.25) is 0 Å². The number of piperidine rings is 1. The molecule has 0 aromatic carbocycles. The molecule has 2 aliphatic rings. The van der Waals surface area contributed by atoms with Crippen molar-refractivity contribution >= 4 is 0 Å². The summed E-state index contributed by atoms with van der Waals surface area (Å²) >= 11 is 0. The van der Waals surface area contributed by atoms with Gasteiger partial charge in [-0.25, -0.2) is 0 Å². The van der Waals surface area contributed by atoms with Crippen LogP contribution in [0.5, 0.6) is 0 Å². The van der Waals surface area contributed by atoms with Gasteiger partial charge in [-0.1, -0.05) is 20.8 Å². The van der Waals surface area contributed by atoms with Crippen LogP contribution in [-0.2, 0) is 0 Å². The Kier molecular flexibility index (Phi) is 3.60. The van der Waals surface area contributed by atoms with Crippen LogP contribution in [0, 0.1) is 10.8 Å². The third-order valence-corrected chi connectivity index (χ3v) is 4.60. The minimum atomic E-state index is 0.540. The summed E-state index contributed by atoms with van der Waals surface area (Å²) < 4.78 is 0. The predicted molar refractivity (Wildman–Crippen MR) is 69.6 cm³/mol. The van der Waals surface area contributed by atoms with Crippen LogP contribution in [0.4, 0.5) is 0 Å². The Morgan fingerprint density at radius 2 is 1.81 bits per heavy atom. The van der Waals surface area contributed by atoms with Gasteiger partial charge in [0.15, 0.2) is 0 Å². The van der Waals surface area contributed by atoms with E-state index in [1.54, 1.807) is 0 Å². The van der Waals surface area contributed by atoms with Gasteiger partial charge in [0.05, 0.1) is 0 Å². The third kappa shape index (κ3) is 3.21. The molecule has 1 unspecified atom stereocenters. The van der Waals surface area contributed by atoms with Gasteiger partial charge >= 0.3 is 0 Å². The Bertz CT molecular complexity index is 229. The molecule has 16 heavy (non-hydrogen) atoms. The van der Waals surface area contributed by atoms with Crippen LogP contribution in [0.15, 0.2) is 0 Å². The lowest BCUT2D eigenvalue weighted by molar-refractivity contribution is 0.210. The van der Waals surface area contributed by atoms with Gasteiger partial charge in [-0.3, -0.25) is 0 Å². The van der Waals surface area contributed by atoms with Crippen LogP contribution in [0.25, 0.3) is 0 Å².